The van der Waals surface area contributed by atoms with Crippen molar-refractivity contribution in [3.05, 3.63) is 66.1 Å². The molecule has 0 saturated carbocycles. The highest BCUT2D eigenvalue weighted by atomic mass is 16.5. The van der Waals surface area contributed by atoms with Crippen LogP contribution in [-0.4, -0.2) is 16.0 Å². The predicted octanol–water partition coefficient (Wildman–Crippen LogP) is 3.30. The van der Waals surface area contributed by atoms with Gasteiger partial charge in [0.25, 0.3) is 5.91 Å². The second-order valence-corrected chi connectivity index (χ2v) is 4.50. The van der Waals surface area contributed by atoms with E-state index in [0.29, 0.717) is 22.8 Å². The molecule has 0 unspecified atom stereocenters. The van der Waals surface area contributed by atoms with Crippen molar-refractivity contribution in [2.24, 2.45) is 0 Å². The van der Waals surface area contributed by atoms with E-state index in [1.165, 1.54) is 0 Å². The fourth-order valence-electron chi connectivity index (χ4n) is 2.05. The molecule has 0 saturated heterocycles. The number of pyridine rings is 1. The lowest BCUT2D eigenvalue weighted by atomic mass is 10.1. The van der Waals surface area contributed by atoms with Crippen LogP contribution in [0, 0.1) is 6.92 Å². The number of aromatic nitrogens is 2. The van der Waals surface area contributed by atoms with Crippen LogP contribution in [0.4, 0.5) is 5.82 Å². The van der Waals surface area contributed by atoms with E-state index in [-0.39, 0.29) is 5.91 Å². The largest absolute Gasteiger partial charge is 0.360 e. The maximum Gasteiger partial charge on any atom is 0.262 e. The minimum Gasteiger partial charge on any atom is -0.360 e. The summed E-state index contributed by atoms with van der Waals surface area (Å²) in [6.07, 6.45) is 1.62. The van der Waals surface area contributed by atoms with Gasteiger partial charge < -0.3 is 9.84 Å². The molecule has 5 heteroatoms. The number of nitrogens with zero attached hydrogens (tertiary/aromatic N) is 2. The molecule has 5 nitrogen and oxygen atoms in total. The summed E-state index contributed by atoms with van der Waals surface area (Å²) in [7, 11) is 0. The molecule has 0 spiro atoms. The fraction of sp³-hybridized carbons (Fsp3) is 0.0625. The third-order valence-corrected chi connectivity index (χ3v) is 3.04. The van der Waals surface area contributed by atoms with Crippen LogP contribution in [0.3, 0.4) is 0 Å². The first-order chi connectivity index (χ1) is 10.3. The number of carbonyl (C=O) groups is 1. The summed E-state index contributed by atoms with van der Waals surface area (Å²) < 4.78 is 5.18. The van der Waals surface area contributed by atoms with Gasteiger partial charge in [-0.1, -0.05) is 41.6 Å². The lowest BCUT2D eigenvalue weighted by molar-refractivity contribution is 0.102. The quantitative estimate of drug-likeness (QED) is 0.798. The van der Waals surface area contributed by atoms with Crippen molar-refractivity contribution in [2.45, 2.75) is 6.92 Å². The summed E-state index contributed by atoms with van der Waals surface area (Å²) in [5, 5.41) is 6.74. The molecule has 1 aromatic carbocycles. The molecule has 0 radical (unpaired) electrons. The van der Waals surface area contributed by atoms with Crippen molar-refractivity contribution >= 4 is 11.7 Å². The van der Waals surface area contributed by atoms with Gasteiger partial charge in [-0.2, -0.15) is 0 Å². The lowest BCUT2D eigenvalue weighted by Gasteiger charge is -2.04. The minimum atomic E-state index is -0.286. The van der Waals surface area contributed by atoms with Gasteiger partial charge >= 0.3 is 0 Å². The SMILES string of the molecule is Cc1onc(-c2ccccc2)c1C(=O)Nc1ccccn1. The van der Waals surface area contributed by atoms with Gasteiger partial charge in [-0.25, -0.2) is 4.98 Å². The molecule has 0 aliphatic carbocycles. The van der Waals surface area contributed by atoms with Crippen molar-refractivity contribution in [2.75, 3.05) is 5.32 Å². The molecule has 0 atom stereocenters. The molecule has 3 aromatic rings. The Labute approximate surface area is 121 Å². The molecule has 1 amide bonds. The average molecular weight is 279 g/mol. The Morgan fingerprint density at radius 3 is 2.57 bits per heavy atom. The number of hydrogen-bond donors (Lipinski definition) is 1. The Balaban J connectivity index is 1.95. The van der Waals surface area contributed by atoms with Crippen LogP contribution in [0.2, 0.25) is 0 Å². The second kappa shape index (κ2) is 5.58. The molecule has 1 N–H and O–H groups in total. The minimum absolute atomic E-state index is 0.286. The van der Waals surface area contributed by atoms with Crippen molar-refractivity contribution < 1.29 is 9.32 Å². The zero-order valence-electron chi connectivity index (χ0n) is 11.4. The van der Waals surface area contributed by atoms with Crippen LogP contribution >= 0.6 is 0 Å². The molecule has 2 aromatic heterocycles. The van der Waals surface area contributed by atoms with Gasteiger partial charge in [0.15, 0.2) is 0 Å². The summed E-state index contributed by atoms with van der Waals surface area (Å²) in [4.78, 5) is 16.5. The smallest absolute Gasteiger partial charge is 0.262 e. The van der Waals surface area contributed by atoms with E-state index >= 15 is 0 Å². The molecule has 0 aliphatic rings. The van der Waals surface area contributed by atoms with Crippen LogP contribution in [0.5, 0.6) is 0 Å². The zero-order chi connectivity index (χ0) is 14.7. The van der Waals surface area contributed by atoms with E-state index in [9.17, 15) is 4.79 Å². The van der Waals surface area contributed by atoms with E-state index in [4.69, 9.17) is 4.52 Å². The molecule has 0 aliphatic heterocycles. The second-order valence-electron chi connectivity index (χ2n) is 4.50. The van der Waals surface area contributed by atoms with Crippen LogP contribution in [0.25, 0.3) is 11.3 Å². The molecule has 0 fully saturated rings. The van der Waals surface area contributed by atoms with E-state index < -0.39 is 0 Å². The van der Waals surface area contributed by atoms with Crippen molar-refractivity contribution in [1.29, 1.82) is 0 Å². The Hall–Kier alpha value is -2.95. The summed E-state index contributed by atoms with van der Waals surface area (Å²) in [6, 6.07) is 14.8. The van der Waals surface area contributed by atoms with E-state index in [0.717, 1.165) is 5.56 Å². The van der Waals surface area contributed by atoms with Gasteiger partial charge in [0.1, 0.15) is 22.8 Å². The lowest BCUT2D eigenvalue weighted by Crippen LogP contribution is -2.14. The van der Waals surface area contributed by atoms with Crippen molar-refractivity contribution in [3.63, 3.8) is 0 Å². The van der Waals surface area contributed by atoms with E-state index in [2.05, 4.69) is 15.5 Å². The normalized spacial score (nSPS) is 10.3. The molecule has 104 valence electrons. The number of amides is 1. The molecule has 3 rings (SSSR count). The van der Waals surface area contributed by atoms with Crippen LogP contribution in [0.1, 0.15) is 16.1 Å². The number of anilines is 1. The summed E-state index contributed by atoms with van der Waals surface area (Å²) in [5.74, 6) is 0.677. The number of carbonyl (C=O) groups excluding carboxylic acids is 1. The molecular formula is C16H13N3O2. The average Bonchev–Trinajstić information content (AvgIpc) is 2.91. The van der Waals surface area contributed by atoms with Gasteiger partial charge in [0.05, 0.1) is 0 Å². The molecule has 2 heterocycles. The zero-order valence-corrected chi connectivity index (χ0v) is 11.4. The highest BCUT2D eigenvalue weighted by Crippen LogP contribution is 2.25. The summed E-state index contributed by atoms with van der Waals surface area (Å²) in [5.41, 5.74) is 1.79. The Bertz CT molecular complexity index is 752. The van der Waals surface area contributed by atoms with Gasteiger partial charge in [0, 0.05) is 11.8 Å². The summed E-state index contributed by atoms with van der Waals surface area (Å²) >= 11 is 0. The van der Waals surface area contributed by atoms with Crippen molar-refractivity contribution in [1.82, 2.24) is 10.1 Å². The van der Waals surface area contributed by atoms with Gasteiger partial charge in [-0.15, -0.1) is 0 Å². The fourth-order valence-corrected chi connectivity index (χ4v) is 2.05. The third-order valence-electron chi connectivity index (χ3n) is 3.04. The molecule has 0 bridgehead atoms. The first-order valence-electron chi connectivity index (χ1n) is 6.50. The standard InChI is InChI=1S/C16H13N3O2/c1-11-14(16(20)18-13-9-5-6-10-17-13)15(19-21-11)12-7-3-2-4-8-12/h2-10H,1H3,(H,17,18,20). The van der Waals surface area contributed by atoms with E-state index in [1.54, 1.807) is 31.3 Å². The number of hydrogen-bond acceptors (Lipinski definition) is 4. The number of benzene rings is 1. The Morgan fingerprint density at radius 1 is 1.10 bits per heavy atom. The van der Waals surface area contributed by atoms with E-state index in [1.807, 2.05) is 30.3 Å². The Morgan fingerprint density at radius 2 is 1.86 bits per heavy atom. The Kier molecular flexibility index (Phi) is 3.47. The highest BCUT2D eigenvalue weighted by molar-refractivity contribution is 6.08. The van der Waals surface area contributed by atoms with Crippen LogP contribution in [0.15, 0.2) is 59.3 Å². The summed E-state index contributed by atoms with van der Waals surface area (Å²) in [6.45, 7) is 1.72. The predicted molar refractivity (Wildman–Crippen MR) is 78.9 cm³/mol. The first kappa shape index (κ1) is 13.1. The van der Waals surface area contributed by atoms with Crippen LogP contribution < -0.4 is 5.32 Å². The van der Waals surface area contributed by atoms with Crippen molar-refractivity contribution in [3.8, 4) is 11.3 Å². The maximum absolute atomic E-state index is 12.4. The molecular weight excluding hydrogens is 266 g/mol. The maximum atomic E-state index is 12.4. The number of aryl methyl sites for hydroxylation is 1. The number of nitrogens with one attached hydrogen (secondary N) is 1. The highest BCUT2D eigenvalue weighted by Gasteiger charge is 2.21. The monoisotopic (exact) mass is 279 g/mol. The number of rotatable bonds is 3. The van der Waals surface area contributed by atoms with Gasteiger partial charge in [-0.3, -0.25) is 4.79 Å². The topological polar surface area (TPSA) is 68.0 Å². The first-order valence-corrected chi connectivity index (χ1v) is 6.50. The van der Waals surface area contributed by atoms with Crippen LogP contribution in [-0.2, 0) is 0 Å². The molecule has 21 heavy (non-hydrogen) atoms. The van der Waals surface area contributed by atoms with Gasteiger partial charge in [0.2, 0.25) is 0 Å². The third kappa shape index (κ3) is 2.67. The van der Waals surface area contributed by atoms with Gasteiger partial charge in [-0.05, 0) is 19.1 Å².